The smallest absolute Gasteiger partial charge is 0.240 e. The summed E-state index contributed by atoms with van der Waals surface area (Å²) < 4.78 is 0. The van der Waals surface area contributed by atoms with Crippen molar-refractivity contribution >= 4 is 5.91 Å². The van der Waals surface area contributed by atoms with E-state index in [1.54, 1.807) is 0 Å². The van der Waals surface area contributed by atoms with Crippen LogP contribution in [-0.4, -0.2) is 36.0 Å². The van der Waals surface area contributed by atoms with Crippen LogP contribution in [0.25, 0.3) is 0 Å². The molecule has 0 aromatic carbocycles. The van der Waals surface area contributed by atoms with Gasteiger partial charge in [-0.1, -0.05) is 6.92 Å². The highest BCUT2D eigenvalue weighted by molar-refractivity contribution is 5.84. The van der Waals surface area contributed by atoms with E-state index in [2.05, 4.69) is 17.1 Å². The fourth-order valence-corrected chi connectivity index (χ4v) is 2.20. The van der Waals surface area contributed by atoms with Crippen molar-refractivity contribution in [1.82, 2.24) is 10.2 Å². The normalized spacial score (nSPS) is 29.5. The van der Waals surface area contributed by atoms with Crippen LogP contribution < -0.4 is 5.32 Å². The summed E-state index contributed by atoms with van der Waals surface area (Å²) in [5.74, 6) is 0.339. The van der Waals surface area contributed by atoms with Crippen LogP contribution in [0, 0.1) is 0 Å². The molecule has 13 heavy (non-hydrogen) atoms. The van der Waals surface area contributed by atoms with Crippen molar-refractivity contribution in [3.8, 4) is 0 Å². The van der Waals surface area contributed by atoms with Gasteiger partial charge in [-0.2, -0.15) is 0 Å². The number of amides is 1. The molecule has 2 fully saturated rings. The Labute approximate surface area is 79.5 Å². The highest BCUT2D eigenvalue weighted by atomic mass is 16.2. The van der Waals surface area contributed by atoms with Crippen LogP contribution in [-0.2, 0) is 4.79 Å². The van der Waals surface area contributed by atoms with E-state index in [1.165, 1.54) is 19.3 Å². The van der Waals surface area contributed by atoms with Gasteiger partial charge in [-0.15, -0.1) is 0 Å². The molecule has 1 heterocycles. The van der Waals surface area contributed by atoms with Gasteiger partial charge < -0.3 is 10.2 Å². The van der Waals surface area contributed by atoms with E-state index >= 15 is 0 Å². The third-order valence-corrected chi connectivity index (χ3v) is 3.21. The van der Waals surface area contributed by atoms with E-state index in [0.717, 1.165) is 19.5 Å². The second-order valence-electron chi connectivity index (χ2n) is 4.02. The number of rotatable bonds is 3. The zero-order valence-corrected chi connectivity index (χ0v) is 8.25. The second-order valence-corrected chi connectivity index (χ2v) is 4.02. The van der Waals surface area contributed by atoms with Gasteiger partial charge in [0.1, 0.15) is 0 Å². The van der Waals surface area contributed by atoms with Crippen LogP contribution in [0.5, 0.6) is 0 Å². The summed E-state index contributed by atoms with van der Waals surface area (Å²) in [5.41, 5.74) is 0. The largest absolute Gasteiger partial charge is 0.338 e. The molecule has 0 bridgehead atoms. The molecule has 1 saturated carbocycles. The Kier molecular flexibility index (Phi) is 2.54. The lowest BCUT2D eigenvalue weighted by atomic mass is 9.92. The third-order valence-electron chi connectivity index (χ3n) is 3.21. The maximum Gasteiger partial charge on any atom is 0.240 e. The second kappa shape index (κ2) is 3.66. The van der Waals surface area contributed by atoms with Gasteiger partial charge in [-0.3, -0.25) is 4.79 Å². The van der Waals surface area contributed by atoms with Crippen molar-refractivity contribution in [2.75, 3.05) is 13.1 Å². The summed E-state index contributed by atoms with van der Waals surface area (Å²) in [6, 6.07) is 0.696. The Morgan fingerprint density at radius 2 is 2.23 bits per heavy atom. The highest BCUT2D eigenvalue weighted by Crippen LogP contribution is 2.28. The molecule has 2 rings (SSSR count). The first-order valence-electron chi connectivity index (χ1n) is 5.36. The Hall–Kier alpha value is -0.570. The first kappa shape index (κ1) is 9.00. The molecule has 1 N–H and O–H groups in total. The number of hydrogen-bond acceptors (Lipinski definition) is 2. The van der Waals surface area contributed by atoms with Gasteiger partial charge in [0.25, 0.3) is 0 Å². The van der Waals surface area contributed by atoms with Crippen LogP contribution in [0.1, 0.15) is 32.6 Å². The fourth-order valence-electron chi connectivity index (χ4n) is 2.20. The molecule has 74 valence electrons. The molecule has 2 aliphatic rings. The molecule has 3 nitrogen and oxygen atoms in total. The minimum atomic E-state index is 0.116. The molecule has 1 aliphatic carbocycles. The van der Waals surface area contributed by atoms with E-state index in [0.29, 0.717) is 11.9 Å². The molecule has 1 atom stereocenters. The lowest BCUT2D eigenvalue weighted by molar-refractivity contribution is -0.132. The topological polar surface area (TPSA) is 32.3 Å². The quantitative estimate of drug-likeness (QED) is 0.698. The van der Waals surface area contributed by atoms with E-state index in [-0.39, 0.29) is 6.04 Å². The van der Waals surface area contributed by atoms with Crippen LogP contribution in [0.2, 0.25) is 0 Å². The predicted octanol–water partition coefficient (Wildman–Crippen LogP) is 0.749. The molecular weight excluding hydrogens is 164 g/mol. The molecular formula is C10H18N2O. The van der Waals surface area contributed by atoms with E-state index in [1.807, 2.05) is 0 Å². The number of nitrogens with zero attached hydrogens (tertiary/aromatic N) is 1. The van der Waals surface area contributed by atoms with Gasteiger partial charge in [0.15, 0.2) is 0 Å². The Balaban J connectivity index is 1.90. The average molecular weight is 182 g/mol. The number of likely N-dealkylation sites (tertiary alicyclic amines) is 1. The number of nitrogens with one attached hydrogen (secondary N) is 1. The fraction of sp³-hybridized carbons (Fsp3) is 0.900. The highest BCUT2D eigenvalue weighted by Gasteiger charge is 2.37. The lowest BCUT2D eigenvalue weighted by Crippen LogP contribution is -2.45. The molecule has 3 heteroatoms. The summed E-state index contributed by atoms with van der Waals surface area (Å²) in [6.45, 7) is 3.93. The van der Waals surface area contributed by atoms with Crippen molar-refractivity contribution in [1.29, 1.82) is 0 Å². The van der Waals surface area contributed by atoms with E-state index in [9.17, 15) is 4.79 Å². The number of carbonyl (C=O) groups is 1. The summed E-state index contributed by atoms with van der Waals surface area (Å²) >= 11 is 0. The molecule has 0 aromatic rings. The minimum absolute atomic E-state index is 0.116. The molecule has 1 saturated heterocycles. The zero-order valence-electron chi connectivity index (χ0n) is 8.25. The van der Waals surface area contributed by atoms with Crippen LogP contribution in [0.15, 0.2) is 0 Å². The number of hydrogen-bond donors (Lipinski definition) is 1. The van der Waals surface area contributed by atoms with Crippen LogP contribution >= 0.6 is 0 Å². The first-order chi connectivity index (χ1) is 6.33. The Morgan fingerprint density at radius 1 is 1.46 bits per heavy atom. The van der Waals surface area contributed by atoms with Crippen molar-refractivity contribution < 1.29 is 4.79 Å². The van der Waals surface area contributed by atoms with E-state index < -0.39 is 0 Å². The maximum atomic E-state index is 11.8. The number of carbonyl (C=O) groups excluding carboxylic acids is 1. The average Bonchev–Trinajstić information content (AvgIpc) is 2.34. The molecule has 0 aromatic heterocycles. The van der Waals surface area contributed by atoms with Crippen molar-refractivity contribution in [3.05, 3.63) is 0 Å². The third kappa shape index (κ3) is 1.57. The summed E-state index contributed by atoms with van der Waals surface area (Å²) in [4.78, 5) is 13.9. The van der Waals surface area contributed by atoms with Crippen LogP contribution in [0.3, 0.4) is 0 Å². The van der Waals surface area contributed by atoms with Crippen molar-refractivity contribution in [3.63, 3.8) is 0 Å². The molecule has 0 radical (unpaired) electrons. The van der Waals surface area contributed by atoms with Crippen molar-refractivity contribution in [2.24, 2.45) is 0 Å². The first-order valence-corrected chi connectivity index (χ1v) is 5.36. The minimum Gasteiger partial charge on any atom is -0.338 e. The Bertz CT molecular complexity index is 201. The van der Waals surface area contributed by atoms with Gasteiger partial charge in [-0.25, -0.2) is 0 Å². The van der Waals surface area contributed by atoms with Gasteiger partial charge in [0, 0.05) is 12.6 Å². The van der Waals surface area contributed by atoms with Crippen LogP contribution in [0.4, 0.5) is 0 Å². The lowest BCUT2D eigenvalue weighted by Gasteiger charge is -2.34. The standard InChI is InChI=1S/C10H18N2O/c1-2-11-9-6-7-12(10(9)13)8-4-3-5-8/h8-9,11H,2-7H2,1H3. The van der Waals surface area contributed by atoms with Gasteiger partial charge in [-0.05, 0) is 32.2 Å². The molecule has 0 spiro atoms. The zero-order chi connectivity index (χ0) is 9.26. The molecule has 1 unspecified atom stereocenters. The van der Waals surface area contributed by atoms with E-state index in [4.69, 9.17) is 0 Å². The molecule has 1 amide bonds. The molecule has 1 aliphatic heterocycles. The Morgan fingerprint density at radius 3 is 2.77 bits per heavy atom. The summed E-state index contributed by atoms with van der Waals surface area (Å²) in [5, 5.41) is 3.24. The summed E-state index contributed by atoms with van der Waals surface area (Å²) in [6.07, 6.45) is 4.76. The maximum absolute atomic E-state index is 11.8. The van der Waals surface area contributed by atoms with Gasteiger partial charge in [0.05, 0.1) is 6.04 Å². The number of likely N-dealkylation sites (N-methyl/N-ethyl adjacent to an activating group) is 1. The monoisotopic (exact) mass is 182 g/mol. The van der Waals surface area contributed by atoms with Gasteiger partial charge in [0.2, 0.25) is 5.91 Å². The van der Waals surface area contributed by atoms with Gasteiger partial charge >= 0.3 is 0 Å². The SMILES string of the molecule is CCNC1CCN(C2CCC2)C1=O. The predicted molar refractivity (Wildman–Crippen MR) is 51.4 cm³/mol. The van der Waals surface area contributed by atoms with Crippen molar-refractivity contribution in [2.45, 2.75) is 44.7 Å². The summed E-state index contributed by atoms with van der Waals surface area (Å²) in [7, 11) is 0.